The molecule has 0 aromatic heterocycles. The van der Waals surface area contributed by atoms with Crippen LogP contribution in [-0.4, -0.2) is 13.7 Å². The fourth-order valence-electron chi connectivity index (χ4n) is 2.34. The van der Waals surface area contributed by atoms with Gasteiger partial charge in [0, 0.05) is 6.54 Å². The van der Waals surface area contributed by atoms with E-state index in [1.54, 1.807) is 7.11 Å². The first-order chi connectivity index (χ1) is 10.2. The van der Waals surface area contributed by atoms with Crippen molar-refractivity contribution in [1.29, 1.82) is 0 Å². The Morgan fingerprint density at radius 1 is 1.14 bits per heavy atom. The first-order valence-electron chi connectivity index (χ1n) is 7.30. The quantitative estimate of drug-likeness (QED) is 0.772. The molecular weight excluding hydrogens is 282 g/mol. The van der Waals surface area contributed by atoms with Gasteiger partial charge in [-0.2, -0.15) is 0 Å². The van der Waals surface area contributed by atoms with Crippen LogP contribution in [0.4, 0.5) is 0 Å². The van der Waals surface area contributed by atoms with Gasteiger partial charge in [0.25, 0.3) is 0 Å². The molecule has 21 heavy (non-hydrogen) atoms. The minimum Gasteiger partial charge on any atom is -0.495 e. The highest BCUT2D eigenvalue weighted by molar-refractivity contribution is 6.32. The van der Waals surface area contributed by atoms with Crippen LogP contribution in [0.2, 0.25) is 5.02 Å². The van der Waals surface area contributed by atoms with Crippen LogP contribution in [0, 0.1) is 6.92 Å². The van der Waals surface area contributed by atoms with Crippen LogP contribution in [0.3, 0.4) is 0 Å². The number of benzene rings is 2. The minimum atomic E-state index is 0.638. The maximum Gasteiger partial charge on any atom is 0.138 e. The summed E-state index contributed by atoms with van der Waals surface area (Å²) in [5.41, 5.74) is 4.90. The first-order valence-corrected chi connectivity index (χ1v) is 7.67. The molecule has 0 fully saturated rings. The van der Waals surface area contributed by atoms with Crippen molar-refractivity contribution in [2.24, 2.45) is 0 Å². The van der Waals surface area contributed by atoms with Crippen molar-refractivity contribution < 1.29 is 4.74 Å². The van der Waals surface area contributed by atoms with Crippen LogP contribution in [-0.2, 0) is 6.54 Å². The van der Waals surface area contributed by atoms with Crippen LogP contribution in [0.15, 0.2) is 36.4 Å². The molecule has 0 aliphatic rings. The zero-order valence-electron chi connectivity index (χ0n) is 12.9. The standard InChI is InChI=1S/C18H22ClNO/c1-4-9-20-12-15-6-5-13(2)10-16(15)14-7-8-17(19)18(11-14)21-3/h5-8,10-11,20H,4,9,12H2,1-3H3. The Morgan fingerprint density at radius 2 is 1.95 bits per heavy atom. The second-order valence-electron chi connectivity index (χ2n) is 5.19. The molecule has 0 aliphatic carbocycles. The lowest BCUT2D eigenvalue weighted by molar-refractivity contribution is 0.415. The summed E-state index contributed by atoms with van der Waals surface area (Å²) in [5.74, 6) is 0.711. The van der Waals surface area contributed by atoms with Gasteiger partial charge in [-0.3, -0.25) is 0 Å². The summed E-state index contributed by atoms with van der Waals surface area (Å²) >= 11 is 6.12. The average Bonchev–Trinajstić information content (AvgIpc) is 2.49. The second kappa shape index (κ2) is 7.48. The van der Waals surface area contributed by atoms with Gasteiger partial charge in [0.05, 0.1) is 12.1 Å². The fourth-order valence-corrected chi connectivity index (χ4v) is 2.54. The monoisotopic (exact) mass is 303 g/mol. The van der Waals surface area contributed by atoms with E-state index in [1.807, 2.05) is 18.2 Å². The Hall–Kier alpha value is -1.51. The molecule has 1 N–H and O–H groups in total. The molecule has 0 atom stereocenters. The van der Waals surface area contributed by atoms with Crippen molar-refractivity contribution in [3.63, 3.8) is 0 Å². The van der Waals surface area contributed by atoms with Crippen molar-refractivity contribution in [3.8, 4) is 16.9 Å². The van der Waals surface area contributed by atoms with Gasteiger partial charge in [-0.15, -0.1) is 0 Å². The van der Waals surface area contributed by atoms with Gasteiger partial charge in [-0.1, -0.05) is 48.4 Å². The zero-order valence-corrected chi connectivity index (χ0v) is 13.6. The smallest absolute Gasteiger partial charge is 0.138 e. The molecule has 0 spiro atoms. The maximum atomic E-state index is 6.12. The summed E-state index contributed by atoms with van der Waals surface area (Å²) in [6, 6.07) is 12.5. The third-order valence-corrected chi connectivity index (χ3v) is 3.78. The number of hydrogen-bond donors (Lipinski definition) is 1. The van der Waals surface area contributed by atoms with E-state index in [4.69, 9.17) is 16.3 Å². The molecule has 0 saturated heterocycles. The summed E-state index contributed by atoms with van der Waals surface area (Å²) < 4.78 is 5.33. The highest BCUT2D eigenvalue weighted by atomic mass is 35.5. The number of halogens is 1. The fraction of sp³-hybridized carbons (Fsp3) is 0.333. The molecule has 0 amide bonds. The van der Waals surface area contributed by atoms with Crippen molar-refractivity contribution in [2.45, 2.75) is 26.8 Å². The number of ether oxygens (including phenoxy) is 1. The van der Waals surface area contributed by atoms with Crippen molar-refractivity contribution >= 4 is 11.6 Å². The summed E-state index contributed by atoms with van der Waals surface area (Å²) in [7, 11) is 1.64. The van der Waals surface area contributed by atoms with Gasteiger partial charge in [0.15, 0.2) is 0 Å². The Bertz CT molecular complexity index is 610. The molecule has 2 aromatic carbocycles. The van der Waals surface area contributed by atoms with E-state index in [2.05, 4.69) is 37.4 Å². The SMILES string of the molecule is CCCNCc1ccc(C)cc1-c1ccc(Cl)c(OC)c1. The highest BCUT2D eigenvalue weighted by Gasteiger charge is 2.08. The van der Waals surface area contributed by atoms with E-state index >= 15 is 0 Å². The van der Waals surface area contributed by atoms with Crippen LogP contribution in [0.25, 0.3) is 11.1 Å². The molecule has 2 rings (SSSR count). The lowest BCUT2D eigenvalue weighted by atomic mass is 9.97. The Labute approximate surface area is 132 Å². The van der Waals surface area contributed by atoms with Gasteiger partial charge in [0.2, 0.25) is 0 Å². The second-order valence-corrected chi connectivity index (χ2v) is 5.59. The molecule has 112 valence electrons. The number of rotatable bonds is 6. The lowest BCUT2D eigenvalue weighted by Gasteiger charge is -2.13. The molecule has 0 saturated carbocycles. The summed E-state index contributed by atoms with van der Waals surface area (Å²) in [6.07, 6.45) is 1.13. The van der Waals surface area contributed by atoms with Crippen LogP contribution < -0.4 is 10.1 Å². The van der Waals surface area contributed by atoms with E-state index < -0.39 is 0 Å². The number of aryl methyl sites for hydroxylation is 1. The van der Waals surface area contributed by atoms with Crippen LogP contribution >= 0.6 is 11.6 Å². The van der Waals surface area contributed by atoms with Crippen molar-refractivity contribution in [1.82, 2.24) is 5.32 Å². The van der Waals surface area contributed by atoms with E-state index in [1.165, 1.54) is 16.7 Å². The highest BCUT2D eigenvalue weighted by Crippen LogP contribution is 2.32. The summed E-state index contributed by atoms with van der Waals surface area (Å²) in [6.45, 7) is 6.18. The van der Waals surface area contributed by atoms with Gasteiger partial charge in [-0.05, 0) is 48.7 Å². The third-order valence-electron chi connectivity index (χ3n) is 3.47. The molecule has 2 nitrogen and oxygen atoms in total. The Morgan fingerprint density at radius 3 is 2.67 bits per heavy atom. The minimum absolute atomic E-state index is 0.638. The first kappa shape index (κ1) is 15.9. The number of methoxy groups -OCH3 is 1. The van der Waals surface area contributed by atoms with Gasteiger partial charge >= 0.3 is 0 Å². The van der Waals surface area contributed by atoms with E-state index in [0.29, 0.717) is 10.8 Å². The number of hydrogen-bond acceptors (Lipinski definition) is 2. The molecule has 0 bridgehead atoms. The molecule has 3 heteroatoms. The van der Waals surface area contributed by atoms with Crippen molar-refractivity contribution in [3.05, 3.63) is 52.5 Å². The average molecular weight is 304 g/mol. The topological polar surface area (TPSA) is 21.3 Å². The predicted molar refractivity (Wildman–Crippen MR) is 90.2 cm³/mol. The van der Waals surface area contributed by atoms with Crippen LogP contribution in [0.5, 0.6) is 5.75 Å². The van der Waals surface area contributed by atoms with Crippen molar-refractivity contribution in [2.75, 3.05) is 13.7 Å². The van der Waals surface area contributed by atoms with Crippen LogP contribution in [0.1, 0.15) is 24.5 Å². The number of nitrogens with one attached hydrogen (secondary N) is 1. The molecule has 2 aromatic rings. The molecule has 0 unspecified atom stereocenters. The molecular formula is C18H22ClNO. The molecule has 0 aliphatic heterocycles. The maximum absolute atomic E-state index is 6.12. The van der Waals surface area contributed by atoms with E-state index in [0.717, 1.165) is 25.1 Å². The predicted octanol–water partition coefficient (Wildman–Crippen LogP) is 4.82. The summed E-state index contributed by atoms with van der Waals surface area (Å²) in [5, 5.41) is 4.10. The summed E-state index contributed by atoms with van der Waals surface area (Å²) in [4.78, 5) is 0. The van der Waals surface area contributed by atoms with Gasteiger partial charge in [-0.25, -0.2) is 0 Å². The van der Waals surface area contributed by atoms with Gasteiger partial charge < -0.3 is 10.1 Å². The third kappa shape index (κ3) is 3.99. The zero-order chi connectivity index (χ0) is 15.2. The molecule has 0 radical (unpaired) electrons. The molecule has 0 heterocycles. The van der Waals surface area contributed by atoms with Gasteiger partial charge in [0.1, 0.15) is 5.75 Å². The van der Waals surface area contributed by atoms with E-state index in [9.17, 15) is 0 Å². The van der Waals surface area contributed by atoms with E-state index in [-0.39, 0.29) is 0 Å². The lowest BCUT2D eigenvalue weighted by Crippen LogP contribution is -2.14. The Kier molecular flexibility index (Phi) is 5.66. The normalized spacial score (nSPS) is 10.7. The largest absolute Gasteiger partial charge is 0.495 e. The Balaban J connectivity index is 2.39.